The van der Waals surface area contributed by atoms with Crippen LogP contribution in [0.15, 0.2) is 23.5 Å². The number of nitrogens with two attached hydrogens (primary N) is 1. The van der Waals surface area contributed by atoms with E-state index in [1.54, 1.807) is 24.0 Å². The monoisotopic (exact) mass is 227 g/mol. The highest BCUT2D eigenvalue weighted by Crippen LogP contribution is 2.11. The summed E-state index contributed by atoms with van der Waals surface area (Å²) in [6.07, 6.45) is 1.61. The molecule has 0 radical (unpaired) electrons. The standard InChI is InChI=1S/C9H13N3O2S/c10-9(12-14)8-5-7(1-2-11-8)6-15-4-3-13/h1-2,5,13-14H,3-4,6H2,(H2,10,12). The number of rotatable bonds is 5. The van der Waals surface area contributed by atoms with Crippen LogP contribution in [0.2, 0.25) is 0 Å². The number of aromatic nitrogens is 1. The predicted octanol–water partition coefficient (Wildman–Crippen LogP) is 0.402. The van der Waals surface area contributed by atoms with Gasteiger partial charge in [0, 0.05) is 17.7 Å². The summed E-state index contributed by atoms with van der Waals surface area (Å²) in [5.41, 5.74) is 6.90. The number of thioether (sulfide) groups is 1. The number of amidine groups is 1. The van der Waals surface area contributed by atoms with Crippen LogP contribution in [0.5, 0.6) is 0 Å². The first-order chi connectivity index (χ1) is 7.27. The Morgan fingerprint density at radius 3 is 3.07 bits per heavy atom. The van der Waals surface area contributed by atoms with Crippen molar-refractivity contribution in [3.8, 4) is 0 Å². The molecule has 0 aliphatic carbocycles. The number of aliphatic hydroxyl groups is 1. The molecule has 0 atom stereocenters. The van der Waals surface area contributed by atoms with Crippen molar-refractivity contribution in [3.63, 3.8) is 0 Å². The minimum Gasteiger partial charge on any atom is -0.409 e. The summed E-state index contributed by atoms with van der Waals surface area (Å²) in [5.74, 6) is 1.47. The van der Waals surface area contributed by atoms with Crippen molar-refractivity contribution >= 4 is 17.6 Å². The van der Waals surface area contributed by atoms with Crippen LogP contribution in [0.4, 0.5) is 0 Å². The highest BCUT2D eigenvalue weighted by atomic mass is 32.2. The van der Waals surface area contributed by atoms with Crippen molar-refractivity contribution < 1.29 is 10.3 Å². The van der Waals surface area contributed by atoms with Gasteiger partial charge in [-0.1, -0.05) is 5.16 Å². The second-order valence-electron chi connectivity index (χ2n) is 2.81. The number of aliphatic hydroxyl groups excluding tert-OH is 1. The lowest BCUT2D eigenvalue weighted by atomic mass is 10.2. The molecule has 1 aromatic rings. The van der Waals surface area contributed by atoms with Crippen molar-refractivity contribution in [2.45, 2.75) is 5.75 Å². The zero-order chi connectivity index (χ0) is 11.1. The number of pyridine rings is 1. The topological polar surface area (TPSA) is 91.7 Å². The zero-order valence-corrected chi connectivity index (χ0v) is 8.94. The van der Waals surface area contributed by atoms with Crippen molar-refractivity contribution in [1.29, 1.82) is 0 Å². The first-order valence-corrected chi connectivity index (χ1v) is 5.55. The second kappa shape index (κ2) is 6.26. The van der Waals surface area contributed by atoms with Gasteiger partial charge in [-0.3, -0.25) is 4.98 Å². The average Bonchev–Trinajstić information content (AvgIpc) is 2.29. The SMILES string of the molecule is NC(=NO)c1cc(CSCCO)ccn1. The van der Waals surface area contributed by atoms with E-state index in [-0.39, 0.29) is 12.4 Å². The van der Waals surface area contributed by atoms with Gasteiger partial charge in [0.25, 0.3) is 0 Å². The van der Waals surface area contributed by atoms with Gasteiger partial charge in [0.15, 0.2) is 5.84 Å². The van der Waals surface area contributed by atoms with E-state index in [4.69, 9.17) is 16.0 Å². The maximum absolute atomic E-state index is 8.62. The first kappa shape index (κ1) is 11.8. The molecule has 0 amide bonds. The summed E-state index contributed by atoms with van der Waals surface area (Å²) in [6, 6.07) is 3.62. The predicted molar refractivity (Wildman–Crippen MR) is 60.0 cm³/mol. The van der Waals surface area contributed by atoms with Crippen LogP contribution in [0.3, 0.4) is 0 Å². The molecule has 0 saturated carbocycles. The molecule has 15 heavy (non-hydrogen) atoms. The minimum atomic E-state index is 0.00371. The van der Waals surface area contributed by atoms with E-state index in [0.717, 1.165) is 11.3 Å². The normalized spacial score (nSPS) is 11.7. The number of hydrogen-bond acceptors (Lipinski definition) is 5. The molecular formula is C9H13N3O2S. The van der Waals surface area contributed by atoms with Gasteiger partial charge in [-0.15, -0.1) is 0 Å². The third kappa shape index (κ3) is 3.77. The zero-order valence-electron chi connectivity index (χ0n) is 8.13. The van der Waals surface area contributed by atoms with E-state index < -0.39 is 0 Å². The Labute approximate surface area is 92.0 Å². The Bertz CT molecular complexity index is 344. The Morgan fingerprint density at radius 1 is 1.60 bits per heavy atom. The smallest absolute Gasteiger partial charge is 0.188 e. The van der Waals surface area contributed by atoms with Gasteiger partial charge in [0.05, 0.1) is 6.61 Å². The van der Waals surface area contributed by atoms with Gasteiger partial charge < -0.3 is 16.0 Å². The Balaban J connectivity index is 2.66. The van der Waals surface area contributed by atoms with Gasteiger partial charge in [0.2, 0.25) is 0 Å². The van der Waals surface area contributed by atoms with Gasteiger partial charge >= 0.3 is 0 Å². The summed E-state index contributed by atoms with van der Waals surface area (Å²) in [5, 5.41) is 20.0. The fourth-order valence-electron chi connectivity index (χ4n) is 1.01. The molecule has 1 aromatic heterocycles. The van der Waals surface area contributed by atoms with E-state index in [1.165, 1.54) is 0 Å². The van der Waals surface area contributed by atoms with Crippen LogP contribution in [-0.2, 0) is 5.75 Å². The van der Waals surface area contributed by atoms with Crippen LogP contribution in [0.25, 0.3) is 0 Å². The quantitative estimate of drug-likeness (QED) is 0.223. The molecule has 1 heterocycles. The number of hydrogen-bond donors (Lipinski definition) is 3. The molecular weight excluding hydrogens is 214 g/mol. The third-order valence-electron chi connectivity index (χ3n) is 1.70. The molecule has 0 bridgehead atoms. The maximum atomic E-state index is 8.62. The second-order valence-corrected chi connectivity index (χ2v) is 3.92. The Kier molecular flexibility index (Phi) is 4.92. The number of nitrogens with zero attached hydrogens (tertiary/aromatic N) is 2. The molecule has 82 valence electrons. The lowest BCUT2D eigenvalue weighted by Gasteiger charge is -2.02. The first-order valence-electron chi connectivity index (χ1n) is 4.39. The summed E-state index contributed by atoms with van der Waals surface area (Å²) < 4.78 is 0. The fraction of sp³-hybridized carbons (Fsp3) is 0.333. The lowest BCUT2D eigenvalue weighted by Crippen LogP contribution is -2.15. The molecule has 0 fully saturated rings. The largest absolute Gasteiger partial charge is 0.409 e. The molecule has 6 heteroatoms. The molecule has 0 aliphatic rings. The summed E-state index contributed by atoms with van der Waals surface area (Å²) in [6.45, 7) is 0.169. The molecule has 4 N–H and O–H groups in total. The molecule has 0 aliphatic heterocycles. The summed E-state index contributed by atoms with van der Waals surface area (Å²) in [7, 11) is 0. The van der Waals surface area contributed by atoms with E-state index in [1.807, 2.05) is 6.07 Å². The molecule has 5 nitrogen and oxygen atoms in total. The molecule has 0 saturated heterocycles. The van der Waals surface area contributed by atoms with E-state index >= 15 is 0 Å². The van der Waals surface area contributed by atoms with Crippen LogP contribution < -0.4 is 5.73 Å². The average molecular weight is 227 g/mol. The Hall–Kier alpha value is -1.27. The summed E-state index contributed by atoms with van der Waals surface area (Å²) >= 11 is 1.61. The molecule has 1 rings (SSSR count). The molecule has 0 spiro atoms. The lowest BCUT2D eigenvalue weighted by molar-refractivity contribution is 0.318. The van der Waals surface area contributed by atoms with Gasteiger partial charge in [-0.25, -0.2) is 0 Å². The maximum Gasteiger partial charge on any atom is 0.188 e. The van der Waals surface area contributed by atoms with Crippen molar-refractivity contribution in [3.05, 3.63) is 29.6 Å². The molecule has 0 unspecified atom stereocenters. The Morgan fingerprint density at radius 2 is 2.40 bits per heavy atom. The highest BCUT2D eigenvalue weighted by Gasteiger charge is 2.02. The van der Waals surface area contributed by atoms with Gasteiger partial charge in [0.1, 0.15) is 5.69 Å². The van der Waals surface area contributed by atoms with Crippen LogP contribution >= 0.6 is 11.8 Å². The van der Waals surface area contributed by atoms with Crippen LogP contribution in [0.1, 0.15) is 11.3 Å². The third-order valence-corrected chi connectivity index (χ3v) is 2.71. The van der Waals surface area contributed by atoms with E-state index in [0.29, 0.717) is 11.4 Å². The van der Waals surface area contributed by atoms with E-state index in [9.17, 15) is 0 Å². The minimum absolute atomic E-state index is 0.00371. The molecule has 0 aromatic carbocycles. The highest BCUT2D eigenvalue weighted by molar-refractivity contribution is 7.98. The van der Waals surface area contributed by atoms with Crippen molar-refractivity contribution in [1.82, 2.24) is 4.98 Å². The van der Waals surface area contributed by atoms with Crippen molar-refractivity contribution in [2.75, 3.05) is 12.4 Å². The van der Waals surface area contributed by atoms with Gasteiger partial charge in [-0.2, -0.15) is 11.8 Å². The van der Waals surface area contributed by atoms with E-state index in [2.05, 4.69) is 10.1 Å². The fourth-order valence-corrected chi connectivity index (χ4v) is 1.70. The van der Waals surface area contributed by atoms with Crippen LogP contribution in [0, 0.1) is 0 Å². The number of oxime groups is 1. The van der Waals surface area contributed by atoms with Crippen molar-refractivity contribution in [2.24, 2.45) is 10.9 Å². The van der Waals surface area contributed by atoms with Crippen LogP contribution in [-0.4, -0.2) is 33.5 Å². The van der Waals surface area contributed by atoms with Gasteiger partial charge in [-0.05, 0) is 17.7 Å². The summed E-state index contributed by atoms with van der Waals surface area (Å²) in [4.78, 5) is 3.96.